The van der Waals surface area contributed by atoms with E-state index in [-0.39, 0.29) is 6.04 Å². The summed E-state index contributed by atoms with van der Waals surface area (Å²) in [5.74, 6) is -0.324. The van der Waals surface area contributed by atoms with E-state index in [1.54, 1.807) is 0 Å². The Bertz CT molecular complexity index is 703. The number of nitrogens with zero attached hydrogens (tertiary/aromatic N) is 3. The number of pyridine rings is 1. The summed E-state index contributed by atoms with van der Waals surface area (Å²) < 4.78 is 0. The highest BCUT2D eigenvalue weighted by atomic mass is 16.4. The molecule has 1 fully saturated rings. The Kier molecular flexibility index (Phi) is 5.00. The van der Waals surface area contributed by atoms with Crippen molar-refractivity contribution in [1.29, 1.82) is 0 Å². The lowest BCUT2D eigenvalue weighted by molar-refractivity contribution is -0.144. The fourth-order valence-corrected chi connectivity index (χ4v) is 3.48. The minimum atomic E-state index is -0.705. The topological polar surface area (TPSA) is 56.7 Å². The van der Waals surface area contributed by atoms with Crippen LogP contribution in [-0.4, -0.2) is 53.2 Å². The van der Waals surface area contributed by atoms with E-state index in [1.165, 1.54) is 5.39 Å². The van der Waals surface area contributed by atoms with Crippen molar-refractivity contribution in [2.45, 2.75) is 26.3 Å². The fraction of sp³-hybridized carbons (Fsp3) is 0.474. The molecule has 0 bridgehead atoms. The zero-order valence-electron chi connectivity index (χ0n) is 14.4. The maximum atomic E-state index is 11.6. The van der Waals surface area contributed by atoms with Gasteiger partial charge in [0, 0.05) is 43.1 Å². The van der Waals surface area contributed by atoms with E-state index in [2.05, 4.69) is 40.8 Å². The minimum Gasteiger partial charge on any atom is -0.480 e. The summed E-state index contributed by atoms with van der Waals surface area (Å²) in [5, 5.41) is 11.9. The average Bonchev–Trinajstić information content (AvgIpc) is 2.59. The molecule has 24 heavy (non-hydrogen) atoms. The fourth-order valence-electron chi connectivity index (χ4n) is 3.48. The lowest BCUT2D eigenvalue weighted by atomic mass is 10.0. The Balaban J connectivity index is 1.73. The first kappa shape index (κ1) is 16.7. The van der Waals surface area contributed by atoms with Crippen molar-refractivity contribution in [2.75, 3.05) is 31.1 Å². The van der Waals surface area contributed by atoms with Crippen molar-refractivity contribution in [1.82, 2.24) is 9.88 Å². The van der Waals surface area contributed by atoms with Crippen LogP contribution in [-0.2, 0) is 4.79 Å². The Morgan fingerprint density at radius 2 is 1.88 bits per heavy atom. The molecule has 0 radical (unpaired) electrons. The van der Waals surface area contributed by atoms with E-state index >= 15 is 0 Å². The van der Waals surface area contributed by atoms with Crippen molar-refractivity contribution in [3.63, 3.8) is 0 Å². The van der Waals surface area contributed by atoms with Crippen LogP contribution in [0.5, 0.6) is 0 Å². The maximum Gasteiger partial charge on any atom is 0.320 e. The van der Waals surface area contributed by atoms with E-state index in [4.69, 9.17) is 0 Å². The first-order valence-corrected chi connectivity index (χ1v) is 8.61. The van der Waals surface area contributed by atoms with Crippen LogP contribution in [0.1, 0.15) is 20.3 Å². The van der Waals surface area contributed by atoms with Gasteiger partial charge in [0.05, 0.1) is 11.9 Å². The number of piperazine rings is 1. The van der Waals surface area contributed by atoms with E-state index in [9.17, 15) is 9.90 Å². The highest BCUT2D eigenvalue weighted by Crippen LogP contribution is 2.27. The first-order valence-electron chi connectivity index (χ1n) is 8.61. The zero-order valence-corrected chi connectivity index (χ0v) is 14.4. The monoisotopic (exact) mass is 327 g/mol. The Morgan fingerprint density at radius 3 is 2.54 bits per heavy atom. The van der Waals surface area contributed by atoms with Gasteiger partial charge in [0.25, 0.3) is 0 Å². The minimum absolute atomic E-state index is 0.377. The number of carbonyl (C=O) groups is 1. The number of carboxylic acid groups (broad SMARTS) is 1. The van der Waals surface area contributed by atoms with Gasteiger partial charge in [-0.2, -0.15) is 0 Å². The summed E-state index contributed by atoms with van der Waals surface area (Å²) in [6.07, 6.45) is 4.50. The first-order chi connectivity index (χ1) is 11.6. The molecule has 5 nitrogen and oxygen atoms in total. The number of anilines is 1. The molecule has 1 aliphatic heterocycles. The lowest BCUT2D eigenvalue weighted by Crippen LogP contribution is -2.53. The van der Waals surface area contributed by atoms with Gasteiger partial charge in [0.1, 0.15) is 6.04 Å². The molecular weight excluding hydrogens is 302 g/mol. The quantitative estimate of drug-likeness (QED) is 0.915. The highest BCUT2D eigenvalue weighted by Gasteiger charge is 2.29. The molecule has 0 saturated carbocycles. The maximum absolute atomic E-state index is 11.6. The second-order valence-electron chi connectivity index (χ2n) is 6.89. The third-order valence-electron chi connectivity index (χ3n) is 4.72. The molecule has 0 amide bonds. The molecule has 1 aromatic heterocycles. The van der Waals surface area contributed by atoms with E-state index in [0.29, 0.717) is 12.3 Å². The van der Waals surface area contributed by atoms with Crippen LogP contribution in [0.25, 0.3) is 10.8 Å². The lowest BCUT2D eigenvalue weighted by Gasteiger charge is -2.39. The Hall–Kier alpha value is -2.14. The number of aromatic nitrogens is 1. The molecule has 1 unspecified atom stereocenters. The van der Waals surface area contributed by atoms with Crippen LogP contribution < -0.4 is 4.90 Å². The third kappa shape index (κ3) is 3.51. The summed E-state index contributed by atoms with van der Waals surface area (Å²) in [6.45, 7) is 7.36. The number of fused-ring (bicyclic) bond motifs is 1. The number of rotatable bonds is 5. The van der Waals surface area contributed by atoms with Gasteiger partial charge < -0.3 is 10.0 Å². The van der Waals surface area contributed by atoms with Crippen LogP contribution in [0.15, 0.2) is 36.7 Å². The van der Waals surface area contributed by atoms with Gasteiger partial charge in [-0.1, -0.05) is 38.1 Å². The van der Waals surface area contributed by atoms with Crippen molar-refractivity contribution >= 4 is 22.4 Å². The van der Waals surface area contributed by atoms with Gasteiger partial charge in [-0.25, -0.2) is 0 Å². The van der Waals surface area contributed by atoms with Crippen molar-refractivity contribution in [2.24, 2.45) is 5.92 Å². The van der Waals surface area contributed by atoms with Crippen LogP contribution in [0, 0.1) is 5.92 Å². The molecule has 1 N–H and O–H groups in total. The van der Waals surface area contributed by atoms with Crippen LogP contribution in [0.4, 0.5) is 5.69 Å². The Morgan fingerprint density at radius 1 is 1.17 bits per heavy atom. The normalized spacial score (nSPS) is 17.4. The smallest absolute Gasteiger partial charge is 0.320 e. The molecule has 3 rings (SSSR count). The molecule has 1 saturated heterocycles. The molecule has 128 valence electrons. The van der Waals surface area contributed by atoms with Gasteiger partial charge in [-0.15, -0.1) is 0 Å². The third-order valence-corrected chi connectivity index (χ3v) is 4.72. The number of aliphatic carboxylic acids is 1. The molecular formula is C19H25N3O2. The summed E-state index contributed by atoms with van der Waals surface area (Å²) in [6, 6.07) is 7.89. The molecule has 1 atom stereocenters. The van der Waals surface area contributed by atoms with E-state index < -0.39 is 5.97 Å². The second kappa shape index (κ2) is 7.18. The number of hydrogen-bond acceptors (Lipinski definition) is 4. The van der Waals surface area contributed by atoms with Crippen LogP contribution in [0.3, 0.4) is 0 Å². The van der Waals surface area contributed by atoms with Crippen LogP contribution in [0.2, 0.25) is 0 Å². The van der Waals surface area contributed by atoms with E-state index in [1.807, 2.05) is 24.5 Å². The molecule has 5 heteroatoms. The van der Waals surface area contributed by atoms with Gasteiger partial charge >= 0.3 is 5.97 Å². The SMILES string of the molecule is CC(C)CC(C(=O)O)N1CCN(c2cncc3ccccc23)CC1. The van der Waals surface area contributed by atoms with Crippen molar-refractivity contribution in [3.05, 3.63) is 36.7 Å². The molecule has 2 heterocycles. The molecule has 1 aromatic carbocycles. The standard InChI is InChI=1S/C19H25N3O2/c1-14(2)11-17(19(23)24)21-7-9-22(10-8-21)18-13-20-12-15-5-3-4-6-16(15)18/h3-6,12-14,17H,7-11H2,1-2H3,(H,23,24). The second-order valence-corrected chi connectivity index (χ2v) is 6.89. The van der Waals surface area contributed by atoms with Gasteiger partial charge in [-0.05, 0) is 12.3 Å². The molecule has 1 aliphatic rings. The highest BCUT2D eigenvalue weighted by molar-refractivity contribution is 5.93. The summed E-state index contributed by atoms with van der Waals surface area (Å²) in [4.78, 5) is 20.4. The molecule has 0 spiro atoms. The molecule has 2 aromatic rings. The predicted molar refractivity (Wildman–Crippen MR) is 96.4 cm³/mol. The Labute approximate surface area is 142 Å². The molecule has 0 aliphatic carbocycles. The van der Waals surface area contributed by atoms with E-state index in [0.717, 1.165) is 37.3 Å². The zero-order chi connectivity index (χ0) is 17.1. The summed E-state index contributed by atoms with van der Waals surface area (Å²) in [5.41, 5.74) is 1.14. The van der Waals surface area contributed by atoms with Gasteiger partial charge in [-0.3, -0.25) is 14.7 Å². The van der Waals surface area contributed by atoms with Gasteiger partial charge in [0.15, 0.2) is 0 Å². The summed E-state index contributed by atoms with van der Waals surface area (Å²) in [7, 11) is 0. The number of benzene rings is 1. The summed E-state index contributed by atoms with van der Waals surface area (Å²) >= 11 is 0. The predicted octanol–water partition coefficient (Wildman–Crippen LogP) is 2.86. The largest absolute Gasteiger partial charge is 0.480 e. The average molecular weight is 327 g/mol. The van der Waals surface area contributed by atoms with Crippen LogP contribution >= 0.6 is 0 Å². The number of carboxylic acids is 1. The van der Waals surface area contributed by atoms with Gasteiger partial charge in [0.2, 0.25) is 0 Å². The van der Waals surface area contributed by atoms with Crippen molar-refractivity contribution in [3.8, 4) is 0 Å². The number of hydrogen-bond donors (Lipinski definition) is 1. The van der Waals surface area contributed by atoms with Crippen molar-refractivity contribution < 1.29 is 9.90 Å².